The van der Waals surface area contributed by atoms with Crippen LogP contribution < -0.4 is 0 Å². The summed E-state index contributed by atoms with van der Waals surface area (Å²) in [4.78, 5) is 33.1. The molecule has 31 heavy (non-hydrogen) atoms. The quantitative estimate of drug-likeness (QED) is 0.277. The topological polar surface area (TPSA) is 110 Å². The molecular weight excluding hydrogens is 396 g/mol. The molecule has 0 aliphatic carbocycles. The number of carbonyl (C=O) groups is 2. The van der Waals surface area contributed by atoms with Crippen LogP contribution in [0, 0.1) is 5.92 Å². The number of para-hydroxylation sites is 2. The number of ether oxygens (including phenoxy) is 1. The second-order valence-electron chi connectivity index (χ2n) is 7.70. The molecule has 3 rings (SSSR count). The lowest BCUT2D eigenvalue weighted by Gasteiger charge is -2.20. The predicted molar refractivity (Wildman–Crippen MR) is 118 cm³/mol. The van der Waals surface area contributed by atoms with Crippen LogP contribution in [0.15, 0.2) is 36.4 Å². The van der Waals surface area contributed by atoms with Gasteiger partial charge in [0.25, 0.3) is 0 Å². The Morgan fingerprint density at radius 3 is 2.29 bits per heavy atom. The molecule has 0 saturated carbocycles. The molecule has 0 bridgehead atoms. The minimum atomic E-state index is -1.21. The largest absolute Gasteiger partial charge is 0.481 e. The van der Waals surface area contributed by atoms with E-state index in [1.807, 2.05) is 0 Å². The second-order valence-corrected chi connectivity index (χ2v) is 7.70. The monoisotopic (exact) mass is 424 g/mol. The molecule has 0 spiro atoms. The van der Waals surface area contributed by atoms with Crippen molar-refractivity contribution in [1.29, 1.82) is 0 Å². The Morgan fingerprint density at radius 2 is 1.61 bits per heavy atom. The van der Waals surface area contributed by atoms with Crippen molar-refractivity contribution < 1.29 is 24.5 Å². The molecule has 0 radical (unpaired) electrons. The van der Waals surface area contributed by atoms with Crippen molar-refractivity contribution in [2.24, 2.45) is 5.92 Å². The average molecular weight is 424 g/mol. The maximum Gasteiger partial charge on any atom is 0.340 e. The number of carbonyl (C=O) groups excluding carboxylic acids is 1. The molecule has 1 heterocycles. The van der Waals surface area contributed by atoms with E-state index in [-0.39, 0.29) is 0 Å². The number of hydrogen-bond donors (Lipinski definition) is 2. The number of aliphatic hydroxyl groups excluding tert-OH is 1. The summed E-state index contributed by atoms with van der Waals surface area (Å²) in [5.74, 6) is -2.46. The van der Waals surface area contributed by atoms with Gasteiger partial charge in [0.15, 0.2) is 0 Å². The van der Waals surface area contributed by atoms with Gasteiger partial charge in [0.2, 0.25) is 0 Å². The summed E-state index contributed by atoms with van der Waals surface area (Å²) >= 11 is 0. The fourth-order valence-electron chi connectivity index (χ4n) is 3.85. The molecule has 3 aromatic rings. The van der Waals surface area contributed by atoms with Crippen LogP contribution in [0.3, 0.4) is 0 Å². The summed E-state index contributed by atoms with van der Waals surface area (Å²) in [6.45, 7) is 2.13. The Morgan fingerprint density at radius 1 is 0.968 bits per heavy atom. The fraction of sp³-hybridized carbons (Fsp3) is 0.417. The number of aromatic nitrogens is 2. The molecule has 2 atom stereocenters. The summed E-state index contributed by atoms with van der Waals surface area (Å²) in [6, 6.07) is 10.1. The van der Waals surface area contributed by atoms with E-state index < -0.39 is 24.0 Å². The highest BCUT2D eigenvalue weighted by atomic mass is 16.5. The van der Waals surface area contributed by atoms with E-state index in [2.05, 4.69) is 16.9 Å². The summed E-state index contributed by atoms with van der Waals surface area (Å²) in [5, 5.41) is 20.7. The van der Waals surface area contributed by atoms with Crippen molar-refractivity contribution in [3.63, 3.8) is 0 Å². The number of esters is 1. The Hall–Kier alpha value is -3.06. The lowest BCUT2D eigenvalue weighted by atomic mass is 9.90. The third-order valence-electron chi connectivity index (χ3n) is 5.57. The van der Waals surface area contributed by atoms with Gasteiger partial charge in [0, 0.05) is 5.56 Å². The minimum Gasteiger partial charge on any atom is -0.481 e. The number of methoxy groups -OCH3 is 1. The van der Waals surface area contributed by atoms with E-state index in [0.717, 1.165) is 32.1 Å². The number of nitrogens with zero attached hydrogens (tertiary/aromatic N) is 2. The highest BCUT2D eigenvalue weighted by Crippen LogP contribution is 2.32. The SMILES string of the molecule is CCCCCCC[C@@H](C(=O)O)[C@H](O)c1cccc2nc3c(C(=O)OC)cccc3nc12. The first-order valence-corrected chi connectivity index (χ1v) is 10.7. The van der Waals surface area contributed by atoms with Gasteiger partial charge in [0.05, 0.1) is 41.2 Å². The number of unbranched alkanes of at least 4 members (excludes halogenated alkanes) is 4. The first kappa shape index (κ1) is 22.6. The van der Waals surface area contributed by atoms with Crippen LogP contribution in [-0.2, 0) is 9.53 Å². The average Bonchev–Trinajstić information content (AvgIpc) is 2.78. The molecule has 7 heteroatoms. The summed E-state index contributed by atoms with van der Waals surface area (Å²) in [6.07, 6.45) is 4.18. The number of carboxylic acids is 1. The molecule has 7 nitrogen and oxygen atoms in total. The van der Waals surface area contributed by atoms with Crippen molar-refractivity contribution in [2.45, 2.75) is 51.6 Å². The zero-order valence-corrected chi connectivity index (χ0v) is 17.9. The van der Waals surface area contributed by atoms with E-state index in [1.165, 1.54) is 7.11 Å². The molecule has 0 saturated heterocycles. The van der Waals surface area contributed by atoms with Gasteiger partial charge in [-0.05, 0) is 24.6 Å². The smallest absolute Gasteiger partial charge is 0.340 e. The molecule has 164 valence electrons. The Balaban J connectivity index is 1.98. The Labute approximate surface area is 181 Å². The highest BCUT2D eigenvalue weighted by Gasteiger charge is 2.29. The van der Waals surface area contributed by atoms with Gasteiger partial charge in [-0.3, -0.25) is 4.79 Å². The fourth-order valence-corrected chi connectivity index (χ4v) is 3.85. The first-order chi connectivity index (χ1) is 15.0. The Kier molecular flexibility index (Phi) is 7.52. The zero-order chi connectivity index (χ0) is 22.4. The first-order valence-electron chi connectivity index (χ1n) is 10.7. The number of aliphatic carboxylic acids is 1. The van der Waals surface area contributed by atoms with Crippen molar-refractivity contribution in [3.05, 3.63) is 47.5 Å². The molecule has 2 N–H and O–H groups in total. The van der Waals surface area contributed by atoms with Gasteiger partial charge in [-0.25, -0.2) is 14.8 Å². The van der Waals surface area contributed by atoms with Crippen LogP contribution in [0.25, 0.3) is 22.1 Å². The lowest BCUT2D eigenvalue weighted by molar-refractivity contribution is -0.146. The standard InChI is InChI=1S/C24H28N2O5/c1-3-4-5-6-7-10-17(23(28)29)22(27)15-11-8-13-18-20(15)25-19-14-9-12-16(21(19)26-18)24(30)31-2/h8-9,11-14,17,22,27H,3-7,10H2,1-2H3,(H,28,29)/t17-,22-/m1/s1. The van der Waals surface area contributed by atoms with E-state index in [9.17, 15) is 19.8 Å². The van der Waals surface area contributed by atoms with E-state index >= 15 is 0 Å². The van der Waals surface area contributed by atoms with Gasteiger partial charge in [-0.15, -0.1) is 0 Å². The van der Waals surface area contributed by atoms with Gasteiger partial charge in [-0.1, -0.05) is 57.2 Å². The normalized spacial score (nSPS) is 13.3. The summed E-state index contributed by atoms with van der Waals surface area (Å²) in [5.41, 5.74) is 2.52. The summed E-state index contributed by atoms with van der Waals surface area (Å²) < 4.78 is 4.83. The van der Waals surface area contributed by atoms with Crippen LogP contribution in [-0.4, -0.2) is 39.2 Å². The number of carboxylic acid groups (broad SMARTS) is 1. The third kappa shape index (κ3) is 4.99. The predicted octanol–water partition coefficient (Wildman–Crippen LogP) is 4.66. The number of fused-ring (bicyclic) bond motifs is 2. The molecule has 2 aromatic carbocycles. The van der Waals surface area contributed by atoms with Crippen molar-refractivity contribution in [2.75, 3.05) is 7.11 Å². The van der Waals surface area contributed by atoms with Crippen molar-refractivity contribution >= 4 is 34.0 Å². The van der Waals surface area contributed by atoms with Crippen LogP contribution in [0.5, 0.6) is 0 Å². The minimum absolute atomic E-state index is 0.302. The van der Waals surface area contributed by atoms with Crippen LogP contribution in [0.2, 0.25) is 0 Å². The van der Waals surface area contributed by atoms with Gasteiger partial charge < -0.3 is 14.9 Å². The van der Waals surface area contributed by atoms with Gasteiger partial charge >= 0.3 is 11.9 Å². The van der Waals surface area contributed by atoms with Crippen molar-refractivity contribution in [3.8, 4) is 0 Å². The third-order valence-corrected chi connectivity index (χ3v) is 5.57. The maximum absolute atomic E-state index is 12.1. The maximum atomic E-state index is 12.1. The highest BCUT2D eigenvalue weighted by molar-refractivity contribution is 6.03. The van der Waals surface area contributed by atoms with E-state index in [4.69, 9.17) is 4.74 Å². The lowest BCUT2D eigenvalue weighted by Crippen LogP contribution is -2.22. The van der Waals surface area contributed by atoms with Gasteiger partial charge in [-0.2, -0.15) is 0 Å². The van der Waals surface area contributed by atoms with Crippen LogP contribution in [0.1, 0.15) is 67.5 Å². The van der Waals surface area contributed by atoms with Crippen molar-refractivity contribution in [1.82, 2.24) is 9.97 Å². The number of benzene rings is 2. The number of rotatable bonds is 10. The van der Waals surface area contributed by atoms with Gasteiger partial charge in [0.1, 0.15) is 5.52 Å². The molecule has 0 aliphatic rings. The molecular formula is C24H28N2O5. The molecule has 0 unspecified atom stereocenters. The molecule has 0 aliphatic heterocycles. The molecule has 0 amide bonds. The van der Waals surface area contributed by atoms with E-state index in [1.54, 1.807) is 36.4 Å². The molecule has 0 fully saturated rings. The van der Waals surface area contributed by atoms with Crippen LogP contribution >= 0.6 is 0 Å². The number of aliphatic hydroxyl groups is 1. The second kappa shape index (κ2) is 10.3. The summed E-state index contributed by atoms with van der Waals surface area (Å²) in [7, 11) is 1.30. The van der Waals surface area contributed by atoms with E-state index in [0.29, 0.717) is 39.6 Å². The molecule has 1 aromatic heterocycles. The van der Waals surface area contributed by atoms with Crippen LogP contribution in [0.4, 0.5) is 0 Å². The Bertz CT molecular complexity index is 1080. The zero-order valence-electron chi connectivity index (χ0n) is 17.9. The number of hydrogen-bond acceptors (Lipinski definition) is 6.